The van der Waals surface area contributed by atoms with E-state index in [-0.39, 0.29) is 11.6 Å². The second-order valence-electron chi connectivity index (χ2n) is 7.68. The third kappa shape index (κ3) is 3.05. The first-order chi connectivity index (χ1) is 15.7. The van der Waals surface area contributed by atoms with Gasteiger partial charge in [-0.2, -0.15) is 0 Å². The van der Waals surface area contributed by atoms with Gasteiger partial charge in [-0.05, 0) is 36.4 Å². The summed E-state index contributed by atoms with van der Waals surface area (Å²) in [6.45, 7) is 1.25. The van der Waals surface area contributed by atoms with E-state index in [2.05, 4.69) is 10.2 Å². The van der Waals surface area contributed by atoms with Crippen LogP contribution in [0.2, 0.25) is 0 Å². The molecule has 3 aromatic carbocycles. The van der Waals surface area contributed by atoms with Gasteiger partial charge < -0.3 is 14.0 Å². The van der Waals surface area contributed by atoms with E-state index in [0.717, 1.165) is 22.0 Å². The van der Waals surface area contributed by atoms with E-state index < -0.39 is 0 Å². The van der Waals surface area contributed by atoms with E-state index in [0.29, 0.717) is 48.2 Å². The Kier molecular flexibility index (Phi) is 4.28. The van der Waals surface area contributed by atoms with Crippen LogP contribution in [0.15, 0.2) is 66.9 Å². The lowest BCUT2D eigenvalue weighted by atomic mass is 10.0. The molecule has 0 aromatic heterocycles. The van der Waals surface area contributed by atoms with Crippen LogP contribution in [0.25, 0.3) is 33.4 Å². The number of hydrogen-bond acceptors (Lipinski definition) is 4. The van der Waals surface area contributed by atoms with Crippen LogP contribution in [-0.4, -0.2) is 28.0 Å². The van der Waals surface area contributed by atoms with Crippen molar-refractivity contribution in [3.63, 3.8) is 0 Å². The first-order valence-electron chi connectivity index (χ1n) is 10.3. The zero-order valence-electron chi connectivity index (χ0n) is 16.9. The summed E-state index contributed by atoms with van der Waals surface area (Å²) in [6.07, 6.45) is 1.92. The van der Waals surface area contributed by atoms with Crippen molar-refractivity contribution >= 4 is 10.9 Å². The summed E-state index contributed by atoms with van der Waals surface area (Å²) in [5, 5.41) is 9.65. The van der Waals surface area contributed by atoms with Crippen LogP contribution in [0.5, 0.6) is 11.5 Å². The SMILES string of the molecule is Fc1ccc(-c2nnc3c4cc5c(cc4n(Cc4ccccc4F)cc2-3)OCCO5)cc1. The molecule has 0 amide bonds. The van der Waals surface area contributed by atoms with Crippen LogP contribution in [0.1, 0.15) is 5.56 Å². The monoisotopic (exact) mass is 429 g/mol. The molecule has 0 spiro atoms. The Morgan fingerprint density at radius 1 is 0.844 bits per heavy atom. The quantitative estimate of drug-likeness (QED) is 0.391. The number of benzene rings is 3. The fourth-order valence-corrected chi connectivity index (χ4v) is 4.13. The Balaban J connectivity index is 1.61. The number of nitrogens with zero attached hydrogens (tertiary/aromatic N) is 3. The first-order valence-corrected chi connectivity index (χ1v) is 10.3. The number of aromatic nitrogens is 3. The third-order valence-electron chi connectivity index (χ3n) is 5.69. The summed E-state index contributed by atoms with van der Waals surface area (Å²) in [6, 6.07) is 16.6. The highest BCUT2D eigenvalue weighted by atomic mass is 19.1. The van der Waals surface area contributed by atoms with Crippen molar-refractivity contribution in [1.29, 1.82) is 0 Å². The molecule has 0 aliphatic carbocycles. The van der Waals surface area contributed by atoms with Crippen LogP contribution in [0.3, 0.4) is 0 Å². The average Bonchev–Trinajstić information content (AvgIpc) is 3.24. The van der Waals surface area contributed by atoms with Gasteiger partial charge in [0.15, 0.2) is 11.5 Å². The Morgan fingerprint density at radius 3 is 2.34 bits per heavy atom. The van der Waals surface area contributed by atoms with Gasteiger partial charge >= 0.3 is 0 Å². The highest BCUT2D eigenvalue weighted by molar-refractivity contribution is 5.99. The summed E-state index contributed by atoms with van der Waals surface area (Å²) in [5.74, 6) is 0.688. The van der Waals surface area contributed by atoms with Crippen molar-refractivity contribution in [1.82, 2.24) is 14.8 Å². The van der Waals surface area contributed by atoms with Gasteiger partial charge in [0.1, 0.15) is 36.2 Å². The molecule has 0 bridgehead atoms. The van der Waals surface area contributed by atoms with E-state index in [4.69, 9.17) is 9.47 Å². The number of pyridine rings is 1. The van der Waals surface area contributed by atoms with Gasteiger partial charge in [0, 0.05) is 34.3 Å². The lowest BCUT2D eigenvalue weighted by molar-refractivity contribution is 0.172. The largest absolute Gasteiger partial charge is 0.486 e. The van der Waals surface area contributed by atoms with Gasteiger partial charge in [0.25, 0.3) is 0 Å². The molecule has 0 atom stereocenters. The van der Waals surface area contributed by atoms with Gasteiger partial charge in [0.05, 0.1) is 12.1 Å². The molecule has 0 N–H and O–H groups in total. The Hall–Kier alpha value is -4.00. The van der Waals surface area contributed by atoms with Gasteiger partial charge in [-0.15, -0.1) is 10.2 Å². The standard InChI is InChI=1S/C25H17F2N3O2/c26-17-7-5-15(6-8-17)24-19-14-30(13-16-3-1-2-4-20(16)27)21-12-23-22(31-9-10-32-23)11-18(21)25(19)29-28-24/h1-8,11-12,14H,9-10,13H2. The van der Waals surface area contributed by atoms with E-state index in [1.807, 2.05) is 29.0 Å². The fraction of sp³-hybridized carbons (Fsp3) is 0.120. The second-order valence-corrected chi connectivity index (χ2v) is 7.68. The third-order valence-corrected chi connectivity index (χ3v) is 5.69. The van der Waals surface area contributed by atoms with Crippen LogP contribution in [0, 0.1) is 11.6 Å². The van der Waals surface area contributed by atoms with Gasteiger partial charge in [-0.3, -0.25) is 0 Å². The summed E-state index contributed by atoms with van der Waals surface area (Å²) >= 11 is 0. The van der Waals surface area contributed by atoms with Crippen molar-refractivity contribution in [2.24, 2.45) is 0 Å². The molecule has 3 aliphatic heterocycles. The van der Waals surface area contributed by atoms with Crippen molar-refractivity contribution in [3.05, 3.63) is 84.1 Å². The summed E-state index contributed by atoms with van der Waals surface area (Å²) < 4.78 is 41.4. The molecule has 3 aliphatic rings. The molecule has 5 nitrogen and oxygen atoms in total. The molecular weight excluding hydrogens is 412 g/mol. The van der Waals surface area contributed by atoms with Crippen LogP contribution in [0.4, 0.5) is 8.78 Å². The number of ether oxygens (including phenoxy) is 2. The molecule has 0 unspecified atom stereocenters. The smallest absolute Gasteiger partial charge is 0.163 e. The lowest BCUT2D eigenvalue weighted by Gasteiger charge is -2.21. The van der Waals surface area contributed by atoms with E-state index in [9.17, 15) is 8.78 Å². The van der Waals surface area contributed by atoms with Crippen LogP contribution < -0.4 is 9.47 Å². The Labute approximate surface area is 182 Å². The van der Waals surface area contributed by atoms with Gasteiger partial charge in [-0.25, -0.2) is 8.78 Å². The lowest BCUT2D eigenvalue weighted by Crippen LogP contribution is -2.16. The normalized spacial score (nSPS) is 13.1. The first kappa shape index (κ1) is 18.7. The Bertz CT molecular complexity index is 1430. The predicted molar refractivity (Wildman–Crippen MR) is 116 cm³/mol. The van der Waals surface area contributed by atoms with E-state index in [1.165, 1.54) is 18.2 Å². The maximum atomic E-state index is 14.5. The number of rotatable bonds is 3. The molecule has 6 rings (SSSR count). The maximum absolute atomic E-state index is 14.5. The molecule has 3 heterocycles. The van der Waals surface area contributed by atoms with Crippen LogP contribution in [-0.2, 0) is 6.54 Å². The zero-order chi connectivity index (χ0) is 21.7. The molecule has 0 saturated carbocycles. The zero-order valence-corrected chi connectivity index (χ0v) is 16.9. The molecule has 3 aromatic rings. The summed E-state index contributed by atoms with van der Waals surface area (Å²) in [7, 11) is 0. The molecule has 0 radical (unpaired) electrons. The Morgan fingerprint density at radius 2 is 1.56 bits per heavy atom. The molecular formula is C25H17F2N3O2. The number of fused-ring (bicyclic) bond motifs is 4. The molecule has 0 fully saturated rings. The topological polar surface area (TPSA) is 49.2 Å². The van der Waals surface area contributed by atoms with Crippen molar-refractivity contribution < 1.29 is 18.3 Å². The van der Waals surface area contributed by atoms with E-state index >= 15 is 0 Å². The predicted octanol–water partition coefficient (Wildman–Crippen LogP) is 5.30. The number of hydrogen-bond donors (Lipinski definition) is 0. The highest BCUT2D eigenvalue weighted by Crippen LogP contribution is 2.41. The van der Waals surface area contributed by atoms with Crippen molar-refractivity contribution in [2.45, 2.75) is 6.54 Å². The van der Waals surface area contributed by atoms with Crippen molar-refractivity contribution in [2.75, 3.05) is 13.2 Å². The van der Waals surface area contributed by atoms with E-state index in [1.54, 1.807) is 24.3 Å². The summed E-state index contributed by atoms with van der Waals surface area (Å²) in [5.41, 5.74) is 4.26. The molecule has 32 heavy (non-hydrogen) atoms. The van der Waals surface area contributed by atoms with Gasteiger partial charge in [0.2, 0.25) is 0 Å². The molecule has 158 valence electrons. The minimum Gasteiger partial charge on any atom is -0.486 e. The molecule has 7 heteroatoms. The van der Waals surface area contributed by atoms with Crippen LogP contribution >= 0.6 is 0 Å². The number of halogens is 2. The maximum Gasteiger partial charge on any atom is 0.163 e. The van der Waals surface area contributed by atoms with Gasteiger partial charge in [-0.1, -0.05) is 18.2 Å². The fourth-order valence-electron chi connectivity index (χ4n) is 4.13. The minimum atomic E-state index is -0.318. The molecule has 0 saturated heterocycles. The minimum absolute atomic E-state index is 0.275. The summed E-state index contributed by atoms with van der Waals surface area (Å²) in [4.78, 5) is 0. The average molecular weight is 429 g/mol. The highest BCUT2D eigenvalue weighted by Gasteiger charge is 2.23. The van der Waals surface area contributed by atoms with Crippen molar-refractivity contribution in [3.8, 4) is 34.0 Å². The second kappa shape index (κ2) is 7.30.